The summed E-state index contributed by atoms with van der Waals surface area (Å²) in [5.41, 5.74) is 0.569. The molecule has 1 aromatic heterocycles. The highest BCUT2D eigenvalue weighted by Gasteiger charge is 2.38. The third-order valence-electron chi connectivity index (χ3n) is 5.99. The third-order valence-corrected chi connectivity index (χ3v) is 5.99. The lowest BCUT2D eigenvalue weighted by atomic mass is 9.97. The lowest BCUT2D eigenvalue weighted by Gasteiger charge is -2.16. The first-order valence-corrected chi connectivity index (χ1v) is 10.3. The molecule has 1 saturated carbocycles. The van der Waals surface area contributed by atoms with Crippen molar-refractivity contribution in [1.29, 1.82) is 0 Å². The van der Waals surface area contributed by atoms with Crippen LogP contribution in [-0.2, 0) is 24.1 Å². The van der Waals surface area contributed by atoms with Gasteiger partial charge in [0.25, 0.3) is 0 Å². The molecule has 3 aromatic rings. The fourth-order valence-corrected chi connectivity index (χ4v) is 4.03. The van der Waals surface area contributed by atoms with Gasteiger partial charge in [0.05, 0.1) is 11.1 Å². The van der Waals surface area contributed by atoms with Gasteiger partial charge in [0, 0.05) is 20.1 Å². The Labute approximate surface area is 181 Å². The minimum absolute atomic E-state index is 0.0114. The van der Waals surface area contributed by atoms with E-state index < -0.39 is 17.8 Å². The van der Waals surface area contributed by atoms with Crippen molar-refractivity contribution >= 4 is 23.0 Å². The molecule has 2 aliphatic rings. The lowest BCUT2D eigenvalue weighted by Crippen LogP contribution is -2.29. The van der Waals surface area contributed by atoms with Crippen molar-refractivity contribution in [3.8, 4) is 11.1 Å². The fourth-order valence-electron chi connectivity index (χ4n) is 4.03. The summed E-state index contributed by atoms with van der Waals surface area (Å²) >= 11 is 0. The predicted octanol–water partition coefficient (Wildman–Crippen LogP) is 3.92. The number of fused-ring (bicyclic) bond motifs is 1. The van der Waals surface area contributed by atoms with E-state index in [4.69, 9.17) is 0 Å². The van der Waals surface area contributed by atoms with Gasteiger partial charge in [-0.2, -0.15) is 13.2 Å². The van der Waals surface area contributed by atoms with Gasteiger partial charge in [0.15, 0.2) is 0 Å². The van der Waals surface area contributed by atoms with E-state index in [2.05, 4.69) is 10.3 Å². The molecule has 1 aliphatic carbocycles. The van der Waals surface area contributed by atoms with E-state index in [1.807, 2.05) is 0 Å². The van der Waals surface area contributed by atoms with Crippen LogP contribution in [0.15, 0.2) is 36.4 Å². The summed E-state index contributed by atoms with van der Waals surface area (Å²) in [6.45, 7) is 0.771. The van der Waals surface area contributed by atoms with Crippen molar-refractivity contribution in [2.45, 2.75) is 32.1 Å². The number of rotatable bonds is 5. The predicted molar refractivity (Wildman–Crippen MR) is 109 cm³/mol. The Morgan fingerprint density at radius 2 is 1.78 bits per heavy atom. The molecule has 3 amide bonds. The number of amides is 3. The van der Waals surface area contributed by atoms with Crippen LogP contribution in [0.2, 0.25) is 0 Å². The Morgan fingerprint density at radius 3 is 2.38 bits per heavy atom. The second-order valence-corrected chi connectivity index (χ2v) is 8.36. The molecule has 2 heterocycles. The molecule has 0 atom stereocenters. The summed E-state index contributed by atoms with van der Waals surface area (Å²) in [6.07, 6.45) is -2.47. The monoisotopic (exact) mass is 443 g/mol. The molecule has 166 valence electrons. The second-order valence-electron chi connectivity index (χ2n) is 8.36. The van der Waals surface area contributed by atoms with Crippen molar-refractivity contribution in [2.24, 2.45) is 5.92 Å². The summed E-state index contributed by atoms with van der Waals surface area (Å²) in [7, 11) is 1.42. The zero-order chi connectivity index (χ0) is 22.6. The normalized spacial score (nSPS) is 17.1. The van der Waals surface area contributed by atoms with Gasteiger partial charge < -0.3 is 4.90 Å². The maximum absolute atomic E-state index is 14.1. The quantitative estimate of drug-likeness (QED) is 0.561. The Balaban J connectivity index is 1.47. The largest absolute Gasteiger partial charge is 0.419 e. The molecule has 5 rings (SSSR count). The number of halogens is 3. The molecular weight excluding hydrogens is 423 g/mol. The molecule has 0 unspecified atom stereocenters. The number of likely N-dealkylation sites (N-methyl/N-ethyl adjacent to an activating group) is 1. The van der Waals surface area contributed by atoms with Gasteiger partial charge in [-0.25, -0.2) is 9.48 Å². The smallest absolute Gasteiger partial charge is 0.311 e. The van der Waals surface area contributed by atoms with Gasteiger partial charge in [-0.3, -0.25) is 9.69 Å². The highest BCUT2D eigenvalue weighted by atomic mass is 19.4. The van der Waals surface area contributed by atoms with E-state index in [0.717, 1.165) is 23.3 Å². The Hall–Kier alpha value is -3.43. The van der Waals surface area contributed by atoms with E-state index in [0.29, 0.717) is 23.5 Å². The molecule has 0 N–H and O–H groups in total. The maximum atomic E-state index is 14.1. The number of carbonyl (C=O) groups is 2. The first-order valence-electron chi connectivity index (χ1n) is 10.3. The number of aromatic nitrogens is 3. The van der Waals surface area contributed by atoms with Gasteiger partial charge in [-0.1, -0.05) is 35.5 Å². The van der Waals surface area contributed by atoms with E-state index in [9.17, 15) is 22.8 Å². The van der Waals surface area contributed by atoms with Crippen molar-refractivity contribution < 1.29 is 22.8 Å². The van der Waals surface area contributed by atoms with Crippen molar-refractivity contribution in [1.82, 2.24) is 24.8 Å². The maximum Gasteiger partial charge on any atom is 0.419 e. The van der Waals surface area contributed by atoms with E-state index in [1.54, 1.807) is 35.0 Å². The number of hydrogen-bond donors (Lipinski definition) is 0. The number of nitrogens with zero attached hydrogens (tertiary/aromatic N) is 5. The van der Waals surface area contributed by atoms with Crippen LogP contribution < -0.4 is 0 Å². The second kappa shape index (κ2) is 7.32. The Kier molecular flexibility index (Phi) is 4.68. The van der Waals surface area contributed by atoms with Crippen LogP contribution in [0.25, 0.3) is 22.2 Å². The molecule has 7 nitrogen and oxygen atoms in total. The van der Waals surface area contributed by atoms with Crippen LogP contribution >= 0.6 is 0 Å². The van der Waals surface area contributed by atoms with E-state index in [1.165, 1.54) is 18.0 Å². The number of benzene rings is 2. The fraction of sp³-hybridized carbons (Fsp3) is 0.364. The topological polar surface area (TPSA) is 71.3 Å². The lowest BCUT2D eigenvalue weighted by molar-refractivity contribution is -0.136. The zero-order valence-corrected chi connectivity index (χ0v) is 17.3. The summed E-state index contributed by atoms with van der Waals surface area (Å²) in [4.78, 5) is 26.2. The number of imide groups is 1. The van der Waals surface area contributed by atoms with E-state index >= 15 is 0 Å². The number of urea groups is 1. The molecule has 0 bridgehead atoms. The van der Waals surface area contributed by atoms with Gasteiger partial charge in [0.1, 0.15) is 12.1 Å². The minimum atomic E-state index is -4.60. The minimum Gasteiger partial charge on any atom is -0.311 e. The van der Waals surface area contributed by atoms with Crippen molar-refractivity contribution in [3.63, 3.8) is 0 Å². The van der Waals surface area contributed by atoms with Crippen LogP contribution in [-0.4, -0.2) is 50.3 Å². The summed E-state index contributed by atoms with van der Waals surface area (Å²) < 4.78 is 43.7. The molecule has 0 radical (unpaired) electrons. The third kappa shape index (κ3) is 3.59. The van der Waals surface area contributed by atoms with Crippen LogP contribution in [0.4, 0.5) is 18.0 Å². The molecule has 2 fully saturated rings. The number of carbonyl (C=O) groups excluding carboxylic acids is 2. The van der Waals surface area contributed by atoms with E-state index in [-0.39, 0.29) is 30.1 Å². The number of hydrogen-bond acceptors (Lipinski definition) is 4. The Morgan fingerprint density at radius 1 is 1.06 bits per heavy atom. The van der Waals surface area contributed by atoms with Crippen molar-refractivity contribution in [3.05, 3.63) is 47.5 Å². The number of alkyl halides is 3. The summed E-state index contributed by atoms with van der Waals surface area (Å²) in [5, 5.41) is 7.85. The molecule has 0 spiro atoms. The molecule has 10 heteroatoms. The SMILES string of the molecule is CN1C(=O)CN(Cc2ccc(-c3ccc4c(nnn4CC4CC4)c3C(F)(F)F)cc2)C1=O. The van der Waals surface area contributed by atoms with Gasteiger partial charge in [-0.05, 0) is 41.5 Å². The summed E-state index contributed by atoms with van der Waals surface area (Å²) in [6, 6.07) is 9.22. The first kappa shape index (κ1) is 20.5. The van der Waals surface area contributed by atoms with Crippen molar-refractivity contribution in [2.75, 3.05) is 13.6 Å². The molecular formula is C22H20F3N5O2. The molecule has 1 aliphatic heterocycles. The average molecular weight is 443 g/mol. The molecule has 2 aromatic carbocycles. The average Bonchev–Trinajstić information content (AvgIpc) is 3.44. The molecule has 1 saturated heterocycles. The van der Waals surface area contributed by atoms with Gasteiger partial charge in [0.2, 0.25) is 5.91 Å². The highest BCUT2D eigenvalue weighted by Crippen LogP contribution is 2.41. The van der Waals surface area contributed by atoms with Gasteiger partial charge in [-0.15, -0.1) is 5.10 Å². The van der Waals surface area contributed by atoms with Crippen LogP contribution in [0.1, 0.15) is 24.0 Å². The zero-order valence-electron chi connectivity index (χ0n) is 17.3. The highest BCUT2D eigenvalue weighted by molar-refractivity contribution is 6.01. The standard InChI is InChI=1S/C22H20F3N5O2/c1-28-18(31)12-29(21(28)32)10-13-4-6-15(7-5-13)16-8-9-17-20(19(16)22(23,24)25)26-27-30(17)11-14-2-3-14/h4-9,14H,2-3,10-12H2,1H3. The van der Waals surface area contributed by atoms with Crippen LogP contribution in [0.3, 0.4) is 0 Å². The van der Waals surface area contributed by atoms with Gasteiger partial charge >= 0.3 is 12.2 Å². The van der Waals surface area contributed by atoms with Crippen LogP contribution in [0, 0.1) is 5.92 Å². The van der Waals surface area contributed by atoms with Crippen LogP contribution in [0.5, 0.6) is 0 Å². The summed E-state index contributed by atoms with van der Waals surface area (Å²) in [5.74, 6) is 0.170. The first-order chi connectivity index (χ1) is 15.2. The molecule has 32 heavy (non-hydrogen) atoms. The Bertz CT molecular complexity index is 1210.